The molecule has 2 heterocycles. The zero-order valence-electron chi connectivity index (χ0n) is 9.67. The number of rotatable bonds is 5. The fraction of sp³-hybridized carbons (Fsp3) is 0.700. The molecule has 1 fully saturated rings. The van der Waals surface area contributed by atoms with Crippen LogP contribution in [0.3, 0.4) is 0 Å². The second-order valence-electron chi connectivity index (χ2n) is 4.15. The van der Waals surface area contributed by atoms with Crippen molar-refractivity contribution in [1.29, 1.82) is 0 Å². The van der Waals surface area contributed by atoms with Crippen molar-refractivity contribution in [2.24, 2.45) is 7.05 Å². The molecule has 0 bridgehead atoms. The maximum atomic E-state index is 10.7. The first-order valence-electron chi connectivity index (χ1n) is 5.58. The predicted molar refractivity (Wildman–Crippen MR) is 58.2 cm³/mol. The molecule has 1 aliphatic heterocycles. The summed E-state index contributed by atoms with van der Waals surface area (Å²) < 4.78 is 7.20. The van der Waals surface area contributed by atoms with E-state index in [0.29, 0.717) is 19.5 Å². The molecule has 7 heteroatoms. The van der Waals surface area contributed by atoms with Crippen LogP contribution >= 0.6 is 0 Å². The van der Waals surface area contributed by atoms with Crippen LogP contribution in [0.25, 0.3) is 0 Å². The van der Waals surface area contributed by atoms with Gasteiger partial charge in [-0.05, 0) is 12.8 Å². The summed E-state index contributed by atoms with van der Waals surface area (Å²) in [6, 6.07) is 0. The van der Waals surface area contributed by atoms with Crippen LogP contribution in [0.1, 0.15) is 18.7 Å². The highest BCUT2D eigenvalue weighted by molar-refractivity contribution is 5.72. The highest BCUT2D eigenvalue weighted by Crippen LogP contribution is 2.19. The van der Waals surface area contributed by atoms with Crippen molar-refractivity contribution in [3.8, 4) is 0 Å². The molecule has 0 spiro atoms. The van der Waals surface area contributed by atoms with Crippen LogP contribution in [-0.4, -0.2) is 44.6 Å². The van der Waals surface area contributed by atoms with Gasteiger partial charge in [0.15, 0.2) is 6.10 Å². The first-order chi connectivity index (χ1) is 8.16. The number of aliphatic carboxylic acids is 1. The molecule has 7 nitrogen and oxygen atoms in total. The summed E-state index contributed by atoms with van der Waals surface area (Å²) in [6.07, 6.45) is 2.35. The molecule has 1 aromatic heterocycles. The van der Waals surface area contributed by atoms with E-state index in [1.54, 1.807) is 6.33 Å². The lowest BCUT2D eigenvalue weighted by molar-refractivity contribution is -0.149. The van der Waals surface area contributed by atoms with Crippen LogP contribution in [-0.2, 0) is 23.1 Å². The summed E-state index contributed by atoms with van der Waals surface area (Å²) in [6.45, 7) is 1.24. The Bertz CT molecular complexity index is 393. The Hall–Kier alpha value is -1.47. The zero-order valence-corrected chi connectivity index (χ0v) is 9.67. The highest BCUT2D eigenvalue weighted by Gasteiger charge is 2.29. The lowest BCUT2D eigenvalue weighted by Crippen LogP contribution is -2.29. The maximum absolute atomic E-state index is 10.7. The average molecular weight is 240 g/mol. The number of nitrogens with one attached hydrogen (secondary N) is 1. The van der Waals surface area contributed by atoms with E-state index in [9.17, 15) is 4.79 Å². The van der Waals surface area contributed by atoms with Gasteiger partial charge in [0.1, 0.15) is 12.2 Å². The summed E-state index contributed by atoms with van der Waals surface area (Å²) in [5.74, 6) is -0.0291. The summed E-state index contributed by atoms with van der Waals surface area (Å²) in [4.78, 5) is 10.7. The van der Waals surface area contributed by atoms with E-state index < -0.39 is 12.1 Å². The molecule has 0 radical (unpaired) electrons. The van der Waals surface area contributed by atoms with Gasteiger partial charge < -0.3 is 19.7 Å². The monoisotopic (exact) mass is 240 g/mol. The molecule has 2 rings (SSSR count). The van der Waals surface area contributed by atoms with E-state index in [1.807, 2.05) is 11.6 Å². The van der Waals surface area contributed by atoms with Gasteiger partial charge in [-0.1, -0.05) is 0 Å². The van der Waals surface area contributed by atoms with Gasteiger partial charge in [-0.15, -0.1) is 10.2 Å². The molecule has 94 valence electrons. The third-order valence-electron chi connectivity index (χ3n) is 2.84. The van der Waals surface area contributed by atoms with Crippen molar-refractivity contribution in [3.63, 3.8) is 0 Å². The average Bonchev–Trinajstić information content (AvgIpc) is 2.89. The number of ether oxygens (including phenoxy) is 1. The van der Waals surface area contributed by atoms with E-state index in [1.165, 1.54) is 0 Å². The lowest BCUT2D eigenvalue weighted by atomic mass is 10.2. The lowest BCUT2D eigenvalue weighted by Gasteiger charge is -2.11. The van der Waals surface area contributed by atoms with Crippen LogP contribution in [0, 0.1) is 0 Å². The third-order valence-corrected chi connectivity index (χ3v) is 2.84. The molecule has 1 aromatic rings. The first-order valence-corrected chi connectivity index (χ1v) is 5.58. The van der Waals surface area contributed by atoms with E-state index in [-0.39, 0.29) is 6.10 Å². The summed E-state index contributed by atoms with van der Waals surface area (Å²) in [5.41, 5.74) is 0. The second-order valence-corrected chi connectivity index (χ2v) is 4.15. The molecule has 2 N–H and O–H groups in total. The molecule has 17 heavy (non-hydrogen) atoms. The highest BCUT2D eigenvalue weighted by atomic mass is 16.5. The van der Waals surface area contributed by atoms with Crippen molar-refractivity contribution in [3.05, 3.63) is 12.2 Å². The predicted octanol–water partition coefficient (Wildman–Crippen LogP) is -0.463. The van der Waals surface area contributed by atoms with Crippen molar-refractivity contribution in [2.45, 2.75) is 31.6 Å². The van der Waals surface area contributed by atoms with Crippen molar-refractivity contribution in [1.82, 2.24) is 20.1 Å². The Kier molecular flexibility index (Phi) is 3.70. The number of aryl methyl sites for hydroxylation is 1. The number of nitrogens with zero attached hydrogens (tertiary/aromatic N) is 3. The van der Waals surface area contributed by atoms with Crippen molar-refractivity contribution < 1.29 is 14.6 Å². The van der Waals surface area contributed by atoms with Gasteiger partial charge in [-0.25, -0.2) is 4.79 Å². The number of hydrogen-bond donors (Lipinski definition) is 2. The topological polar surface area (TPSA) is 89.3 Å². The van der Waals surface area contributed by atoms with Gasteiger partial charge in [-0.3, -0.25) is 0 Å². The van der Waals surface area contributed by atoms with Crippen LogP contribution < -0.4 is 5.32 Å². The Labute approximate surface area is 98.8 Å². The van der Waals surface area contributed by atoms with E-state index >= 15 is 0 Å². The van der Waals surface area contributed by atoms with Gasteiger partial charge in [0, 0.05) is 13.6 Å². The number of carboxylic acid groups (broad SMARTS) is 1. The first kappa shape index (κ1) is 12.0. The Balaban J connectivity index is 1.70. The minimum absolute atomic E-state index is 0.0238. The quantitative estimate of drug-likeness (QED) is 0.723. The molecular formula is C10H16N4O3. The molecule has 0 aromatic carbocycles. The number of aromatic nitrogens is 3. The Morgan fingerprint density at radius 1 is 1.71 bits per heavy atom. The molecule has 1 aliphatic rings. The van der Waals surface area contributed by atoms with Crippen LogP contribution in [0.4, 0.5) is 0 Å². The summed E-state index contributed by atoms with van der Waals surface area (Å²) in [5, 5.41) is 19.7. The fourth-order valence-electron chi connectivity index (χ4n) is 1.85. The van der Waals surface area contributed by atoms with Crippen LogP contribution in [0.15, 0.2) is 6.33 Å². The molecule has 2 atom stereocenters. The smallest absolute Gasteiger partial charge is 0.332 e. The van der Waals surface area contributed by atoms with Gasteiger partial charge in [0.25, 0.3) is 0 Å². The third kappa shape index (κ3) is 3.01. The minimum Gasteiger partial charge on any atom is -0.479 e. The second kappa shape index (κ2) is 5.24. The van der Waals surface area contributed by atoms with Gasteiger partial charge in [-0.2, -0.15) is 0 Å². The SMILES string of the molecule is Cn1cnnc1CNCC1CCC(C(=O)O)O1. The van der Waals surface area contributed by atoms with Crippen LogP contribution in [0.2, 0.25) is 0 Å². The van der Waals surface area contributed by atoms with Crippen molar-refractivity contribution in [2.75, 3.05) is 6.54 Å². The number of carboxylic acids is 1. The van der Waals surface area contributed by atoms with Gasteiger partial charge >= 0.3 is 5.97 Å². The fourth-order valence-corrected chi connectivity index (χ4v) is 1.85. The molecule has 2 unspecified atom stereocenters. The molecular weight excluding hydrogens is 224 g/mol. The van der Waals surface area contributed by atoms with Gasteiger partial charge in [0.05, 0.1) is 12.6 Å². The van der Waals surface area contributed by atoms with E-state index in [0.717, 1.165) is 12.2 Å². The number of hydrogen-bond acceptors (Lipinski definition) is 5. The molecule has 0 amide bonds. The molecule has 0 aliphatic carbocycles. The zero-order chi connectivity index (χ0) is 12.3. The maximum Gasteiger partial charge on any atom is 0.332 e. The summed E-state index contributed by atoms with van der Waals surface area (Å²) >= 11 is 0. The Morgan fingerprint density at radius 2 is 2.53 bits per heavy atom. The minimum atomic E-state index is -0.874. The standard InChI is InChI=1S/C10H16N4O3/c1-14-6-12-13-9(14)5-11-4-7-2-3-8(17-7)10(15)16/h6-8,11H,2-5H2,1H3,(H,15,16). The normalized spacial score (nSPS) is 24.1. The number of carbonyl (C=O) groups is 1. The largest absolute Gasteiger partial charge is 0.479 e. The van der Waals surface area contributed by atoms with E-state index in [2.05, 4.69) is 15.5 Å². The molecule has 0 saturated carbocycles. The van der Waals surface area contributed by atoms with Crippen LogP contribution in [0.5, 0.6) is 0 Å². The van der Waals surface area contributed by atoms with Crippen molar-refractivity contribution >= 4 is 5.97 Å². The Morgan fingerprint density at radius 3 is 3.12 bits per heavy atom. The molecule has 1 saturated heterocycles. The summed E-state index contributed by atoms with van der Waals surface area (Å²) in [7, 11) is 1.88. The van der Waals surface area contributed by atoms with E-state index in [4.69, 9.17) is 9.84 Å². The van der Waals surface area contributed by atoms with Gasteiger partial charge in [0.2, 0.25) is 0 Å².